The lowest BCUT2D eigenvalue weighted by Gasteiger charge is -2.12. The topological polar surface area (TPSA) is 68.9 Å². The Morgan fingerprint density at radius 3 is 2.39 bits per heavy atom. The van der Waals surface area contributed by atoms with E-state index >= 15 is 0 Å². The minimum absolute atomic E-state index is 0.0420. The minimum Gasteiger partial charge on any atom is -0.507 e. The number of benzene rings is 2. The molecule has 0 spiro atoms. The molecule has 0 saturated carbocycles. The van der Waals surface area contributed by atoms with Gasteiger partial charge in [-0.1, -0.05) is 11.6 Å². The summed E-state index contributed by atoms with van der Waals surface area (Å²) in [6.07, 6.45) is 0. The van der Waals surface area contributed by atoms with Crippen molar-refractivity contribution in [3.05, 3.63) is 51.6 Å². The first-order valence-corrected chi connectivity index (χ1v) is 7.10. The lowest BCUT2D eigenvalue weighted by Crippen LogP contribution is -2.03. The zero-order valence-corrected chi connectivity index (χ0v) is 13.2. The Balaban J connectivity index is 2.36. The molecular weight excluding hydrogens is 320 g/mol. The van der Waals surface area contributed by atoms with Gasteiger partial charge in [-0.25, -0.2) is 0 Å². The van der Waals surface area contributed by atoms with Gasteiger partial charge in [-0.2, -0.15) is 0 Å². The Morgan fingerprint density at radius 1 is 1.09 bits per heavy atom. The number of phenols is 1. The van der Waals surface area contributed by atoms with Crippen molar-refractivity contribution in [2.75, 3.05) is 14.2 Å². The third-order valence-electron chi connectivity index (χ3n) is 3.45. The highest BCUT2D eigenvalue weighted by atomic mass is 35.5. The predicted molar refractivity (Wildman–Crippen MR) is 87.7 cm³/mol. The number of hydrogen-bond donors (Lipinski definition) is 1. The monoisotopic (exact) mass is 332 g/mol. The Hall–Kier alpha value is -2.66. The summed E-state index contributed by atoms with van der Waals surface area (Å²) in [5, 5.41) is 10.7. The molecule has 0 aliphatic carbocycles. The molecule has 1 heterocycles. The van der Waals surface area contributed by atoms with Crippen LogP contribution in [-0.4, -0.2) is 19.3 Å². The number of phenolic OH excluding ortho intramolecular Hbond substituents is 1. The SMILES string of the molecule is COc1cc(O)c2c(=O)cc(-c3ccc(Cl)cc3)oc2c1OC. The summed E-state index contributed by atoms with van der Waals surface area (Å²) in [4.78, 5) is 12.4. The van der Waals surface area contributed by atoms with E-state index in [0.29, 0.717) is 16.3 Å². The van der Waals surface area contributed by atoms with E-state index in [0.717, 1.165) is 0 Å². The zero-order valence-electron chi connectivity index (χ0n) is 12.4. The van der Waals surface area contributed by atoms with Crippen LogP contribution in [0.5, 0.6) is 17.2 Å². The largest absolute Gasteiger partial charge is 0.507 e. The first-order valence-electron chi connectivity index (χ1n) is 6.73. The molecule has 1 N–H and O–H groups in total. The van der Waals surface area contributed by atoms with Gasteiger partial charge in [0.25, 0.3) is 0 Å². The van der Waals surface area contributed by atoms with Gasteiger partial charge in [-0.05, 0) is 24.3 Å². The standard InChI is InChI=1S/C17H13ClO5/c1-21-14-8-12(20)15-11(19)7-13(23-17(15)16(14)22-2)9-3-5-10(18)6-4-9/h3-8,20H,1-2H3. The fourth-order valence-electron chi connectivity index (χ4n) is 2.37. The molecule has 3 rings (SSSR count). The van der Waals surface area contributed by atoms with Crippen LogP contribution in [0.15, 0.2) is 45.6 Å². The minimum atomic E-state index is -0.380. The second-order valence-corrected chi connectivity index (χ2v) is 5.25. The summed E-state index contributed by atoms with van der Waals surface area (Å²) in [6, 6.07) is 9.50. The number of hydrogen-bond acceptors (Lipinski definition) is 5. The van der Waals surface area contributed by atoms with Crippen molar-refractivity contribution in [3.8, 4) is 28.6 Å². The van der Waals surface area contributed by atoms with Gasteiger partial charge in [0.05, 0.1) is 14.2 Å². The number of methoxy groups -OCH3 is 2. The van der Waals surface area contributed by atoms with Gasteiger partial charge in [0.1, 0.15) is 16.9 Å². The smallest absolute Gasteiger partial charge is 0.205 e. The van der Waals surface area contributed by atoms with Crippen LogP contribution in [0.4, 0.5) is 0 Å². The van der Waals surface area contributed by atoms with Crippen molar-refractivity contribution in [3.63, 3.8) is 0 Å². The highest BCUT2D eigenvalue weighted by molar-refractivity contribution is 6.30. The van der Waals surface area contributed by atoms with Gasteiger partial charge in [0.15, 0.2) is 16.8 Å². The molecule has 0 atom stereocenters. The van der Waals surface area contributed by atoms with Crippen molar-refractivity contribution >= 4 is 22.6 Å². The number of fused-ring (bicyclic) bond motifs is 1. The highest BCUT2D eigenvalue weighted by Gasteiger charge is 2.19. The maximum Gasteiger partial charge on any atom is 0.205 e. The molecule has 0 fully saturated rings. The number of halogens is 1. The van der Waals surface area contributed by atoms with Crippen molar-refractivity contribution in [1.82, 2.24) is 0 Å². The van der Waals surface area contributed by atoms with E-state index in [-0.39, 0.29) is 33.6 Å². The van der Waals surface area contributed by atoms with E-state index in [9.17, 15) is 9.90 Å². The first-order chi connectivity index (χ1) is 11.0. The summed E-state index contributed by atoms with van der Waals surface area (Å²) in [7, 11) is 2.87. The quantitative estimate of drug-likeness (QED) is 0.789. The van der Waals surface area contributed by atoms with Crippen LogP contribution in [0, 0.1) is 0 Å². The van der Waals surface area contributed by atoms with Crippen molar-refractivity contribution in [2.45, 2.75) is 0 Å². The molecule has 0 saturated heterocycles. The summed E-state index contributed by atoms with van der Waals surface area (Å²) < 4.78 is 16.2. The van der Waals surface area contributed by atoms with E-state index in [1.54, 1.807) is 24.3 Å². The Bertz CT molecular complexity index is 928. The van der Waals surface area contributed by atoms with Crippen LogP contribution in [0.3, 0.4) is 0 Å². The Labute approximate surface area is 136 Å². The van der Waals surface area contributed by atoms with Crippen molar-refractivity contribution < 1.29 is 19.0 Å². The Morgan fingerprint density at radius 2 is 1.78 bits per heavy atom. The van der Waals surface area contributed by atoms with Crippen LogP contribution >= 0.6 is 11.6 Å². The molecule has 0 unspecified atom stereocenters. The molecule has 0 bridgehead atoms. The molecule has 23 heavy (non-hydrogen) atoms. The average Bonchev–Trinajstić information content (AvgIpc) is 2.54. The molecule has 5 nitrogen and oxygen atoms in total. The molecule has 0 aliphatic rings. The average molecular weight is 333 g/mol. The van der Waals surface area contributed by atoms with E-state index in [2.05, 4.69) is 0 Å². The van der Waals surface area contributed by atoms with E-state index in [1.807, 2.05) is 0 Å². The van der Waals surface area contributed by atoms with Gasteiger partial charge in [0.2, 0.25) is 5.75 Å². The van der Waals surface area contributed by atoms with E-state index in [1.165, 1.54) is 26.4 Å². The van der Waals surface area contributed by atoms with E-state index in [4.69, 9.17) is 25.5 Å². The molecule has 1 aromatic heterocycles. The fourth-order valence-corrected chi connectivity index (χ4v) is 2.50. The highest BCUT2D eigenvalue weighted by Crippen LogP contribution is 2.40. The molecular formula is C17H13ClO5. The molecule has 0 amide bonds. The van der Waals surface area contributed by atoms with Crippen molar-refractivity contribution in [2.24, 2.45) is 0 Å². The molecule has 0 aliphatic heterocycles. The second-order valence-electron chi connectivity index (χ2n) is 4.82. The second kappa shape index (κ2) is 5.85. The van der Waals surface area contributed by atoms with Gasteiger partial charge in [-0.15, -0.1) is 0 Å². The van der Waals surface area contributed by atoms with Gasteiger partial charge in [-0.3, -0.25) is 4.79 Å². The Kier molecular flexibility index (Phi) is 3.88. The van der Waals surface area contributed by atoms with Crippen molar-refractivity contribution in [1.29, 1.82) is 0 Å². The number of rotatable bonds is 3. The van der Waals surface area contributed by atoms with Gasteiger partial charge in [0, 0.05) is 22.7 Å². The third-order valence-corrected chi connectivity index (χ3v) is 3.71. The molecule has 6 heteroatoms. The zero-order chi connectivity index (χ0) is 16.6. The summed E-state index contributed by atoms with van der Waals surface area (Å²) in [5.74, 6) is 0.626. The summed E-state index contributed by atoms with van der Waals surface area (Å²) in [6.45, 7) is 0. The lowest BCUT2D eigenvalue weighted by molar-refractivity contribution is 0.350. The number of ether oxygens (including phenoxy) is 2. The van der Waals surface area contributed by atoms with Crippen LogP contribution < -0.4 is 14.9 Å². The molecule has 2 aromatic carbocycles. The normalized spacial score (nSPS) is 10.7. The van der Waals surface area contributed by atoms with Gasteiger partial charge >= 0.3 is 0 Å². The molecule has 0 radical (unpaired) electrons. The van der Waals surface area contributed by atoms with Crippen LogP contribution in [0.2, 0.25) is 5.02 Å². The summed E-state index contributed by atoms with van der Waals surface area (Å²) in [5.41, 5.74) is 0.425. The maximum absolute atomic E-state index is 12.4. The summed E-state index contributed by atoms with van der Waals surface area (Å²) >= 11 is 5.87. The third kappa shape index (κ3) is 2.59. The molecule has 3 aromatic rings. The maximum atomic E-state index is 12.4. The molecule has 118 valence electrons. The van der Waals surface area contributed by atoms with E-state index < -0.39 is 0 Å². The van der Waals surface area contributed by atoms with Gasteiger partial charge < -0.3 is 19.0 Å². The van der Waals surface area contributed by atoms with Crippen LogP contribution in [0.1, 0.15) is 0 Å². The predicted octanol–water partition coefficient (Wildman–Crippen LogP) is 3.84. The lowest BCUT2D eigenvalue weighted by atomic mass is 10.1. The van der Waals surface area contributed by atoms with Crippen LogP contribution in [-0.2, 0) is 0 Å². The van der Waals surface area contributed by atoms with Crippen LogP contribution in [0.25, 0.3) is 22.3 Å². The fraction of sp³-hybridized carbons (Fsp3) is 0.118. The first kappa shape index (κ1) is 15.2. The number of aromatic hydroxyl groups is 1.